The Balaban J connectivity index is 2.54. The van der Waals surface area contributed by atoms with Gasteiger partial charge >= 0.3 is 27.6 Å². The summed E-state index contributed by atoms with van der Waals surface area (Å²) in [6.07, 6.45) is 17.2. The molecule has 1 unspecified atom stereocenters. The van der Waals surface area contributed by atoms with Gasteiger partial charge in [-0.3, -0.25) is 23.2 Å². The van der Waals surface area contributed by atoms with Crippen LogP contribution in [0.5, 0.6) is 0 Å². The molecule has 1 fully saturated rings. The minimum atomic E-state index is -4.89. The summed E-state index contributed by atoms with van der Waals surface area (Å²) in [5, 5.41) is 41.1. The van der Waals surface area contributed by atoms with E-state index in [2.05, 4.69) is 29.8 Å². The van der Waals surface area contributed by atoms with Gasteiger partial charge in [-0.2, -0.15) is 0 Å². The zero-order valence-electron chi connectivity index (χ0n) is 35.9. The SMILES string of the molecule is CCCCC[C@H](O)/C=C/[C@@H]1[C@@H](CCCCCCC(=O)OC[C@H](COP(=O)(O)OC[C@@H](O)COP(=O)(O)O)OC(=O)CCCCCCCCCCCC(C)C)[C@@H](O)C[C@H]1O. The Morgan fingerprint density at radius 3 is 1.83 bits per heavy atom. The first-order chi connectivity index (χ1) is 27.9. The fourth-order valence-electron chi connectivity index (χ4n) is 7.04. The summed E-state index contributed by atoms with van der Waals surface area (Å²) in [6.45, 7) is 3.69. The van der Waals surface area contributed by atoms with Crippen LogP contribution in [0, 0.1) is 17.8 Å². The molecule has 1 aliphatic carbocycles. The molecule has 18 heteroatoms. The molecule has 348 valence electrons. The summed E-state index contributed by atoms with van der Waals surface area (Å²) in [5.74, 6) is -0.786. The summed E-state index contributed by atoms with van der Waals surface area (Å²) in [5.41, 5.74) is 0. The second-order valence-corrected chi connectivity index (χ2v) is 19.1. The van der Waals surface area contributed by atoms with Gasteiger partial charge in [0.2, 0.25) is 0 Å². The number of hydrogen-bond acceptors (Lipinski definition) is 13. The lowest BCUT2D eigenvalue weighted by Crippen LogP contribution is -2.30. The molecule has 0 aromatic rings. The van der Waals surface area contributed by atoms with E-state index in [0.717, 1.165) is 63.7 Å². The van der Waals surface area contributed by atoms with Crippen LogP contribution < -0.4 is 0 Å². The Bertz CT molecular complexity index is 1230. The Hall–Kier alpha value is -1.26. The van der Waals surface area contributed by atoms with E-state index in [1.807, 2.05) is 6.08 Å². The number of esters is 2. The van der Waals surface area contributed by atoms with Crippen LogP contribution in [0.4, 0.5) is 0 Å². The predicted molar refractivity (Wildman–Crippen MR) is 223 cm³/mol. The van der Waals surface area contributed by atoms with Gasteiger partial charge in [-0.15, -0.1) is 0 Å². The lowest BCUT2D eigenvalue weighted by Gasteiger charge is -2.21. The van der Waals surface area contributed by atoms with Crippen molar-refractivity contribution in [3.05, 3.63) is 12.2 Å². The van der Waals surface area contributed by atoms with Crippen LogP contribution >= 0.6 is 15.6 Å². The third kappa shape index (κ3) is 30.4. The third-order valence-electron chi connectivity index (χ3n) is 10.4. The monoisotopic (exact) mass is 888 g/mol. The molecule has 7 N–H and O–H groups in total. The fourth-order valence-corrected chi connectivity index (χ4v) is 8.20. The Morgan fingerprint density at radius 1 is 0.678 bits per heavy atom. The molecule has 0 amide bonds. The van der Waals surface area contributed by atoms with Gasteiger partial charge in [0.05, 0.1) is 38.1 Å². The van der Waals surface area contributed by atoms with Crippen LogP contribution in [0.25, 0.3) is 0 Å². The van der Waals surface area contributed by atoms with Gasteiger partial charge in [0.15, 0.2) is 6.10 Å². The van der Waals surface area contributed by atoms with Gasteiger partial charge in [-0.1, -0.05) is 129 Å². The van der Waals surface area contributed by atoms with Gasteiger partial charge in [0, 0.05) is 25.2 Å². The van der Waals surface area contributed by atoms with E-state index in [0.29, 0.717) is 38.5 Å². The minimum absolute atomic E-state index is 0.0711. The number of aliphatic hydroxyl groups is 4. The van der Waals surface area contributed by atoms with Crippen molar-refractivity contribution < 1.29 is 76.9 Å². The second-order valence-electron chi connectivity index (χ2n) is 16.4. The molecule has 0 radical (unpaired) electrons. The molecule has 0 aliphatic heterocycles. The number of hydrogen-bond donors (Lipinski definition) is 7. The number of aliphatic hydroxyl groups excluding tert-OH is 4. The number of carbonyl (C=O) groups excluding carboxylic acids is 2. The number of phosphoric acid groups is 2. The van der Waals surface area contributed by atoms with Crippen LogP contribution in [0.2, 0.25) is 0 Å². The van der Waals surface area contributed by atoms with Crippen LogP contribution in [-0.2, 0) is 41.8 Å². The zero-order valence-corrected chi connectivity index (χ0v) is 37.6. The third-order valence-corrected chi connectivity index (χ3v) is 11.9. The van der Waals surface area contributed by atoms with Crippen LogP contribution in [0.3, 0.4) is 0 Å². The van der Waals surface area contributed by atoms with Gasteiger partial charge in [0.25, 0.3) is 0 Å². The molecule has 0 bridgehead atoms. The molecule has 0 aromatic carbocycles. The van der Waals surface area contributed by atoms with Crippen molar-refractivity contribution >= 4 is 27.6 Å². The number of ether oxygens (including phenoxy) is 2. The highest BCUT2D eigenvalue weighted by molar-refractivity contribution is 7.47. The van der Waals surface area contributed by atoms with Gasteiger partial charge in [0.1, 0.15) is 12.7 Å². The average Bonchev–Trinajstić information content (AvgIpc) is 3.43. The maximum absolute atomic E-state index is 12.7. The first kappa shape index (κ1) is 55.8. The zero-order chi connectivity index (χ0) is 44.1. The molecule has 1 aliphatic rings. The summed E-state index contributed by atoms with van der Waals surface area (Å²) >= 11 is 0. The number of rotatable bonds is 37. The molecular formula is C41H78O16P2. The second kappa shape index (κ2) is 32.4. The van der Waals surface area contributed by atoms with E-state index >= 15 is 0 Å². The van der Waals surface area contributed by atoms with Crippen LogP contribution in [0.15, 0.2) is 12.2 Å². The van der Waals surface area contributed by atoms with Crippen molar-refractivity contribution in [3.8, 4) is 0 Å². The van der Waals surface area contributed by atoms with Gasteiger partial charge < -0.3 is 44.6 Å². The fraction of sp³-hybridized carbons (Fsp3) is 0.902. The standard InChI is InChI=1S/C41H78O16P2/c1-4-5-15-21-33(42)25-26-37-36(38(44)27-39(37)45)22-17-13-14-18-23-40(46)53-30-35(31-56-59(51,52)55-29-34(43)28-54-58(48,49)50)57-41(47)24-19-12-10-8-6-7-9-11-16-20-32(2)3/h25-26,32-39,42-45H,4-24,27-31H2,1-3H3,(H,51,52)(H2,48,49,50)/b26-25+/t33-,34-,35+,36+,37+,38-,39+/m0/s1. The summed E-state index contributed by atoms with van der Waals surface area (Å²) in [6, 6.07) is 0. The average molecular weight is 889 g/mol. The summed E-state index contributed by atoms with van der Waals surface area (Å²) in [7, 11) is -9.74. The molecule has 0 aromatic heterocycles. The normalized spacial score (nSPS) is 21.1. The lowest BCUT2D eigenvalue weighted by molar-refractivity contribution is -0.161. The van der Waals surface area contributed by atoms with Crippen molar-refractivity contribution in [3.63, 3.8) is 0 Å². The predicted octanol–water partition coefficient (Wildman–Crippen LogP) is 7.19. The van der Waals surface area contributed by atoms with Crippen LogP contribution in [0.1, 0.15) is 162 Å². The van der Waals surface area contributed by atoms with Crippen molar-refractivity contribution in [2.24, 2.45) is 17.8 Å². The quantitative estimate of drug-likeness (QED) is 0.0141. The van der Waals surface area contributed by atoms with Crippen LogP contribution in [-0.4, -0.2) is 104 Å². The molecule has 8 atom stereocenters. The van der Waals surface area contributed by atoms with E-state index in [1.165, 1.54) is 32.1 Å². The highest BCUT2D eigenvalue weighted by Gasteiger charge is 2.39. The molecule has 0 saturated heterocycles. The Labute approximate surface area is 352 Å². The van der Waals surface area contributed by atoms with E-state index < -0.39 is 84.5 Å². The Morgan fingerprint density at radius 2 is 1.22 bits per heavy atom. The van der Waals surface area contributed by atoms with Crippen molar-refractivity contribution in [2.45, 2.75) is 193 Å². The van der Waals surface area contributed by atoms with E-state index in [1.54, 1.807) is 6.08 Å². The van der Waals surface area contributed by atoms with E-state index in [-0.39, 0.29) is 24.7 Å². The smallest absolute Gasteiger partial charge is 0.462 e. The highest BCUT2D eigenvalue weighted by Crippen LogP contribution is 2.44. The molecule has 59 heavy (non-hydrogen) atoms. The molecule has 1 rings (SSSR count). The number of phosphoric ester groups is 2. The number of unbranched alkanes of at least 4 members (excludes halogenated alkanes) is 13. The maximum atomic E-state index is 12.7. The molecule has 0 heterocycles. The molecule has 16 nitrogen and oxygen atoms in total. The topological polar surface area (TPSA) is 256 Å². The first-order valence-corrected chi connectivity index (χ1v) is 25.0. The van der Waals surface area contributed by atoms with E-state index in [4.69, 9.17) is 23.8 Å². The van der Waals surface area contributed by atoms with Crippen molar-refractivity contribution in [1.82, 2.24) is 0 Å². The van der Waals surface area contributed by atoms with Crippen molar-refractivity contribution in [1.29, 1.82) is 0 Å². The Kier molecular flexibility index (Phi) is 30.6. The molecular weight excluding hydrogens is 810 g/mol. The largest absolute Gasteiger partial charge is 0.472 e. The molecule has 0 spiro atoms. The van der Waals surface area contributed by atoms with Crippen molar-refractivity contribution in [2.75, 3.05) is 26.4 Å². The lowest BCUT2D eigenvalue weighted by atomic mass is 9.88. The van der Waals surface area contributed by atoms with Gasteiger partial charge in [-0.05, 0) is 37.5 Å². The van der Waals surface area contributed by atoms with Gasteiger partial charge in [-0.25, -0.2) is 9.13 Å². The highest BCUT2D eigenvalue weighted by atomic mass is 31.2. The number of carbonyl (C=O) groups is 2. The maximum Gasteiger partial charge on any atom is 0.472 e. The summed E-state index contributed by atoms with van der Waals surface area (Å²) in [4.78, 5) is 52.9. The first-order valence-electron chi connectivity index (χ1n) is 22.0. The van der Waals surface area contributed by atoms with E-state index in [9.17, 15) is 44.0 Å². The minimum Gasteiger partial charge on any atom is -0.462 e. The summed E-state index contributed by atoms with van der Waals surface area (Å²) < 4.78 is 47.8. The molecule has 1 saturated carbocycles.